The lowest BCUT2D eigenvalue weighted by Crippen LogP contribution is -2.02. The number of rotatable bonds is 24. The Hall–Kier alpha value is -2.17. The van der Waals surface area contributed by atoms with Crippen LogP contribution in [0.2, 0.25) is 0 Å². The van der Waals surface area contributed by atoms with E-state index in [1.54, 1.807) is 27.4 Å². The Labute approximate surface area is 227 Å². The summed E-state index contributed by atoms with van der Waals surface area (Å²) in [6.07, 6.45) is 27.8. The zero-order valence-electron chi connectivity index (χ0n) is 24.2. The zero-order valence-corrected chi connectivity index (χ0v) is 24.2. The lowest BCUT2D eigenvalue weighted by molar-refractivity contribution is -0.131. The van der Waals surface area contributed by atoms with Crippen LogP contribution >= 0.6 is 0 Å². The fourth-order valence-electron chi connectivity index (χ4n) is 5.01. The van der Waals surface area contributed by atoms with Crippen molar-refractivity contribution in [2.75, 3.05) is 21.3 Å². The van der Waals surface area contributed by atoms with Crippen LogP contribution in [0.4, 0.5) is 0 Å². The molecule has 0 heterocycles. The van der Waals surface area contributed by atoms with E-state index in [9.17, 15) is 4.79 Å². The number of carboxylic acid groups (broad SMARTS) is 1. The number of carboxylic acids is 1. The highest BCUT2D eigenvalue weighted by molar-refractivity contribution is 5.86. The molecule has 1 N–H and O–H groups in total. The minimum absolute atomic E-state index is 0.533. The van der Waals surface area contributed by atoms with Crippen molar-refractivity contribution < 1.29 is 24.1 Å². The summed E-state index contributed by atoms with van der Waals surface area (Å²) < 4.78 is 16.6. The van der Waals surface area contributed by atoms with Crippen molar-refractivity contribution in [3.8, 4) is 17.2 Å². The van der Waals surface area contributed by atoms with Crippen molar-refractivity contribution in [2.45, 2.75) is 129 Å². The smallest absolute Gasteiger partial charge is 0.328 e. The molecule has 212 valence electrons. The molecule has 0 atom stereocenters. The molecule has 0 unspecified atom stereocenters. The van der Waals surface area contributed by atoms with Gasteiger partial charge in [0, 0.05) is 11.6 Å². The first-order valence-corrected chi connectivity index (χ1v) is 14.8. The Bertz CT molecular complexity index is 756. The molecule has 0 aliphatic heterocycles. The van der Waals surface area contributed by atoms with Gasteiger partial charge in [0.2, 0.25) is 5.75 Å². The molecule has 0 spiro atoms. The molecule has 0 saturated carbocycles. The number of carbonyl (C=O) groups is 1. The summed E-state index contributed by atoms with van der Waals surface area (Å²) in [5.41, 5.74) is 1.76. The predicted octanol–water partition coefficient (Wildman–Crippen LogP) is 9.39. The van der Waals surface area contributed by atoms with E-state index in [0.29, 0.717) is 17.2 Å². The van der Waals surface area contributed by atoms with Crippen molar-refractivity contribution >= 4 is 12.0 Å². The third kappa shape index (κ3) is 14.4. The van der Waals surface area contributed by atoms with Gasteiger partial charge in [-0.15, -0.1) is 0 Å². The Morgan fingerprint density at radius 1 is 0.676 bits per heavy atom. The summed E-state index contributed by atoms with van der Waals surface area (Å²) in [6, 6.07) is 1.82. The Balaban J connectivity index is 2.24. The van der Waals surface area contributed by atoms with E-state index < -0.39 is 5.97 Å². The van der Waals surface area contributed by atoms with Crippen LogP contribution in [-0.2, 0) is 11.2 Å². The molecule has 0 radical (unpaired) electrons. The number of hydrogen-bond donors (Lipinski definition) is 1. The number of unbranched alkanes of at least 4 members (excludes halogenated alkanes) is 17. The lowest BCUT2D eigenvalue weighted by Gasteiger charge is -2.18. The van der Waals surface area contributed by atoms with Crippen LogP contribution in [0, 0.1) is 0 Å². The molecular formula is C32H54O5. The molecular weight excluding hydrogens is 464 g/mol. The second-order valence-electron chi connectivity index (χ2n) is 10.1. The highest BCUT2D eigenvalue weighted by Gasteiger charge is 2.19. The maximum Gasteiger partial charge on any atom is 0.328 e. The molecule has 5 nitrogen and oxygen atoms in total. The largest absolute Gasteiger partial charge is 0.493 e. The molecule has 0 aliphatic rings. The fraction of sp³-hybridized carbons (Fsp3) is 0.719. The number of aliphatic carboxylic acids is 1. The van der Waals surface area contributed by atoms with Crippen molar-refractivity contribution in [3.05, 3.63) is 23.3 Å². The van der Waals surface area contributed by atoms with Crippen LogP contribution in [0.15, 0.2) is 12.1 Å². The SMILES string of the molecule is CCCCCCCCCCCCCCCCCCCCc1c(/C=C/C(=O)O)cc(OC)c(OC)c1OC. The maximum atomic E-state index is 11.1. The normalized spacial score (nSPS) is 11.2. The van der Waals surface area contributed by atoms with E-state index in [1.807, 2.05) is 6.07 Å². The van der Waals surface area contributed by atoms with Crippen LogP contribution in [0.1, 0.15) is 134 Å². The van der Waals surface area contributed by atoms with Crippen molar-refractivity contribution in [2.24, 2.45) is 0 Å². The first-order chi connectivity index (χ1) is 18.1. The summed E-state index contributed by atoms with van der Waals surface area (Å²) in [5, 5.41) is 9.08. The average Bonchev–Trinajstić information content (AvgIpc) is 2.90. The number of hydrogen-bond acceptors (Lipinski definition) is 4. The van der Waals surface area contributed by atoms with Gasteiger partial charge in [-0.1, -0.05) is 116 Å². The van der Waals surface area contributed by atoms with Gasteiger partial charge in [0.15, 0.2) is 11.5 Å². The average molecular weight is 519 g/mol. The molecule has 0 aromatic heterocycles. The molecule has 0 bridgehead atoms. The predicted molar refractivity (Wildman–Crippen MR) is 155 cm³/mol. The zero-order chi connectivity index (χ0) is 27.1. The molecule has 0 saturated heterocycles. The number of ether oxygens (including phenoxy) is 3. The van der Waals surface area contributed by atoms with Crippen molar-refractivity contribution in [3.63, 3.8) is 0 Å². The van der Waals surface area contributed by atoms with Gasteiger partial charge in [0.05, 0.1) is 21.3 Å². The van der Waals surface area contributed by atoms with E-state index in [1.165, 1.54) is 103 Å². The van der Waals surface area contributed by atoms with Gasteiger partial charge in [0.1, 0.15) is 0 Å². The first-order valence-electron chi connectivity index (χ1n) is 14.8. The molecule has 0 fully saturated rings. The van der Waals surface area contributed by atoms with Gasteiger partial charge < -0.3 is 19.3 Å². The van der Waals surface area contributed by atoms with Crippen LogP contribution < -0.4 is 14.2 Å². The maximum absolute atomic E-state index is 11.1. The Morgan fingerprint density at radius 3 is 1.49 bits per heavy atom. The van der Waals surface area contributed by atoms with Crippen LogP contribution in [-0.4, -0.2) is 32.4 Å². The molecule has 0 aliphatic carbocycles. The summed E-state index contributed by atoms with van der Waals surface area (Å²) >= 11 is 0. The number of methoxy groups -OCH3 is 3. The van der Waals surface area contributed by atoms with Crippen LogP contribution in [0.25, 0.3) is 6.08 Å². The second kappa shape index (κ2) is 21.9. The van der Waals surface area contributed by atoms with Crippen LogP contribution in [0.5, 0.6) is 17.2 Å². The standard InChI is InChI=1S/C32H54O5/c1-5-6-7-8-9-10-11-12-13-14-15-16-17-18-19-20-21-22-23-28-27(24-25-30(33)34)26-29(35-2)32(37-4)31(28)36-3/h24-26H,5-23H2,1-4H3,(H,33,34)/b25-24+. The van der Waals surface area contributed by atoms with Gasteiger partial charge in [-0.2, -0.15) is 0 Å². The molecule has 1 aromatic carbocycles. The van der Waals surface area contributed by atoms with Gasteiger partial charge in [-0.3, -0.25) is 0 Å². The third-order valence-electron chi connectivity index (χ3n) is 7.15. The number of benzene rings is 1. The monoisotopic (exact) mass is 518 g/mol. The fourth-order valence-corrected chi connectivity index (χ4v) is 5.01. The highest BCUT2D eigenvalue weighted by Crippen LogP contribution is 2.43. The molecule has 1 aromatic rings. The highest BCUT2D eigenvalue weighted by atomic mass is 16.5. The minimum Gasteiger partial charge on any atom is -0.493 e. The second-order valence-corrected chi connectivity index (χ2v) is 10.1. The molecule has 0 amide bonds. The van der Waals surface area contributed by atoms with E-state index in [2.05, 4.69) is 6.92 Å². The van der Waals surface area contributed by atoms with Gasteiger partial charge >= 0.3 is 5.97 Å². The quantitative estimate of drug-likeness (QED) is 0.109. The van der Waals surface area contributed by atoms with Gasteiger partial charge in [0.25, 0.3) is 0 Å². The van der Waals surface area contributed by atoms with Crippen LogP contribution in [0.3, 0.4) is 0 Å². The van der Waals surface area contributed by atoms with Gasteiger partial charge in [-0.05, 0) is 30.5 Å². The lowest BCUT2D eigenvalue weighted by atomic mass is 9.97. The van der Waals surface area contributed by atoms with Crippen molar-refractivity contribution in [1.82, 2.24) is 0 Å². The molecule has 5 heteroatoms. The summed E-state index contributed by atoms with van der Waals surface area (Å²) in [4.78, 5) is 11.1. The third-order valence-corrected chi connectivity index (χ3v) is 7.15. The van der Waals surface area contributed by atoms with E-state index >= 15 is 0 Å². The van der Waals surface area contributed by atoms with E-state index in [4.69, 9.17) is 19.3 Å². The minimum atomic E-state index is -0.979. The summed E-state index contributed by atoms with van der Waals surface area (Å²) in [7, 11) is 4.77. The van der Waals surface area contributed by atoms with Crippen molar-refractivity contribution in [1.29, 1.82) is 0 Å². The Morgan fingerprint density at radius 2 is 1.11 bits per heavy atom. The molecule has 1 rings (SSSR count). The Kier molecular flexibility index (Phi) is 19.4. The summed E-state index contributed by atoms with van der Waals surface area (Å²) in [5.74, 6) is 0.729. The van der Waals surface area contributed by atoms with Gasteiger partial charge in [-0.25, -0.2) is 4.79 Å². The molecule has 37 heavy (non-hydrogen) atoms. The summed E-state index contributed by atoms with van der Waals surface area (Å²) in [6.45, 7) is 2.28. The van der Waals surface area contributed by atoms with E-state index in [0.717, 1.165) is 36.5 Å². The topological polar surface area (TPSA) is 65.0 Å². The first kappa shape index (κ1) is 32.9. The van der Waals surface area contributed by atoms with E-state index in [-0.39, 0.29) is 0 Å².